The molecule has 0 radical (unpaired) electrons. The summed E-state index contributed by atoms with van der Waals surface area (Å²) in [6, 6.07) is 0.497. The van der Waals surface area contributed by atoms with Crippen molar-refractivity contribution >= 4 is 0 Å². The van der Waals surface area contributed by atoms with Gasteiger partial charge in [0.15, 0.2) is 0 Å². The minimum absolute atomic E-state index is 0.497. The van der Waals surface area contributed by atoms with Crippen LogP contribution in [0.4, 0.5) is 0 Å². The van der Waals surface area contributed by atoms with E-state index < -0.39 is 0 Å². The molecule has 6 nitrogen and oxygen atoms in total. The first-order chi connectivity index (χ1) is 10.6. The van der Waals surface area contributed by atoms with E-state index >= 15 is 0 Å². The molecule has 2 aromatic rings. The molecule has 1 fully saturated rings. The van der Waals surface area contributed by atoms with Crippen LogP contribution in [-0.4, -0.2) is 42.2 Å². The average molecular weight is 300 g/mol. The second-order valence-corrected chi connectivity index (χ2v) is 6.16. The van der Waals surface area contributed by atoms with Crippen LogP contribution in [0.5, 0.6) is 0 Å². The Hall–Kier alpha value is -1.82. The molecule has 0 aliphatic carbocycles. The summed E-state index contributed by atoms with van der Waals surface area (Å²) in [5.41, 5.74) is 2.01. The van der Waals surface area contributed by atoms with Crippen molar-refractivity contribution in [1.82, 2.24) is 29.6 Å². The van der Waals surface area contributed by atoms with E-state index in [-0.39, 0.29) is 0 Å². The van der Waals surface area contributed by atoms with Gasteiger partial charge in [0.2, 0.25) is 0 Å². The maximum Gasteiger partial charge on any atom is 0.147 e. The monoisotopic (exact) mass is 300 g/mol. The zero-order valence-electron chi connectivity index (χ0n) is 13.7. The lowest BCUT2D eigenvalue weighted by Crippen LogP contribution is -2.42. The van der Waals surface area contributed by atoms with Crippen LogP contribution in [0.15, 0.2) is 12.4 Å². The molecule has 1 aliphatic rings. The van der Waals surface area contributed by atoms with Gasteiger partial charge in [0.05, 0.1) is 17.9 Å². The third-order valence-corrected chi connectivity index (χ3v) is 4.29. The number of hydrogen-bond acceptors (Lipinski definition) is 5. The summed E-state index contributed by atoms with van der Waals surface area (Å²) in [5, 5.41) is 4.51. The molecule has 3 rings (SSSR count). The van der Waals surface area contributed by atoms with Gasteiger partial charge in [-0.1, -0.05) is 6.42 Å². The molecular weight excluding hydrogens is 276 g/mol. The van der Waals surface area contributed by atoms with Gasteiger partial charge in [-0.05, 0) is 40.2 Å². The van der Waals surface area contributed by atoms with Crippen LogP contribution in [-0.2, 0) is 13.1 Å². The van der Waals surface area contributed by atoms with E-state index in [9.17, 15) is 0 Å². The van der Waals surface area contributed by atoms with E-state index in [1.54, 1.807) is 0 Å². The Labute approximate surface area is 131 Å². The average Bonchev–Trinajstić information content (AvgIpc) is 2.81. The molecule has 6 heteroatoms. The molecule has 3 heterocycles. The van der Waals surface area contributed by atoms with Crippen LogP contribution >= 0.6 is 0 Å². The lowest BCUT2D eigenvalue weighted by Gasteiger charge is -2.35. The summed E-state index contributed by atoms with van der Waals surface area (Å²) < 4.78 is 2.04. The molecule has 0 amide bonds. The zero-order chi connectivity index (χ0) is 15.5. The summed E-state index contributed by atoms with van der Waals surface area (Å²) in [7, 11) is 0. The highest BCUT2D eigenvalue weighted by Crippen LogP contribution is 2.20. The molecule has 0 unspecified atom stereocenters. The van der Waals surface area contributed by atoms with Gasteiger partial charge in [0, 0.05) is 25.0 Å². The number of aryl methyl sites for hydroxylation is 3. The molecule has 0 aromatic carbocycles. The molecule has 0 N–H and O–H groups in total. The van der Waals surface area contributed by atoms with E-state index in [4.69, 9.17) is 0 Å². The number of aromatic nitrogens is 5. The highest BCUT2D eigenvalue weighted by molar-refractivity contribution is 5.01. The maximum absolute atomic E-state index is 4.51. The number of nitrogens with zero attached hydrogens (tertiary/aromatic N) is 6. The van der Waals surface area contributed by atoms with E-state index in [2.05, 4.69) is 25.0 Å². The third-order valence-electron chi connectivity index (χ3n) is 4.29. The van der Waals surface area contributed by atoms with E-state index in [1.807, 2.05) is 37.8 Å². The van der Waals surface area contributed by atoms with Gasteiger partial charge in [-0.15, -0.1) is 0 Å². The van der Waals surface area contributed by atoms with Gasteiger partial charge in [-0.25, -0.2) is 9.67 Å². The Morgan fingerprint density at radius 2 is 2.00 bits per heavy atom. The standard InChI is InChI=1S/C16H24N6/c1-12-8-18-15(9-17-12)10-21-7-5-4-6-16(21)11-22-14(3)19-13(2)20-22/h8-9,16H,4-7,10-11H2,1-3H3/t16-/m1/s1. The number of piperidine rings is 1. The van der Waals surface area contributed by atoms with Crippen LogP contribution in [0.2, 0.25) is 0 Å². The van der Waals surface area contributed by atoms with Crippen molar-refractivity contribution in [3.8, 4) is 0 Å². The summed E-state index contributed by atoms with van der Waals surface area (Å²) in [4.78, 5) is 15.8. The first kappa shape index (κ1) is 15.1. The first-order valence-corrected chi connectivity index (χ1v) is 8.01. The quantitative estimate of drug-likeness (QED) is 0.865. The zero-order valence-corrected chi connectivity index (χ0v) is 13.7. The minimum atomic E-state index is 0.497. The first-order valence-electron chi connectivity index (χ1n) is 8.01. The fourth-order valence-corrected chi connectivity index (χ4v) is 3.12. The fraction of sp³-hybridized carbons (Fsp3) is 0.625. The summed E-state index contributed by atoms with van der Waals surface area (Å²) in [6.45, 7) is 8.84. The molecule has 0 saturated carbocycles. The highest BCUT2D eigenvalue weighted by atomic mass is 15.4. The second kappa shape index (κ2) is 6.52. The predicted molar refractivity (Wildman–Crippen MR) is 84.3 cm³/mol. The normalized spacial score (nSPS) is 19.5. The van der Waals surface area contributed by atoms with Crippen molar-refractivity contribution in [3.05, 3.63) is 35.4 Å². The van der Waals surface area contributed by atoms with E-state index in [0.717, 1.165) is 42.7 Å². The molecule has 118 valence electrons. The summed E-state index contributed by atoms with van der Waals surface area (Å²) >= 11 is 0. The second-order valence-electron chi connectivity index (χ2n) is 6.16. The van der Waals surface area contributed by atoms with Gasteiger partial charge in [-0.3, -0.25) is 14.9 Å². The summed E-state index contributed by atoms with van der Waals surface area (Å²) in [5.74, 6) is 1.85. The smallest absolute Gasteiger partial charge is 0.147 e. The van der Waals surface area contributed by atoms with Crippen molar-refractivity contribution in [1.29, 1.82) is 0 Å². The van der Waals surface area contributed by atoms with Gasteiger partial charge in [0.1, 0.15) is 11.6 Å². The highest BCUT2D eigenvalue weighted by Gasteiger charge is 2.24. The Morgan fingerprint density at radius 3 is 2.68 bits per heavy atom. The summed E-state index contributed by atoms with van der Waals surface area (Å²) in [6.07, 6.45) is 7.49. The van der Waals surface area contributed by atoms with Crippen molar-refractivity contribution < 1.29 is 0 Å². The molecular formula is C16H24N6. The SMILES string of the molecule is Cc1cnc(CN2CCCC[C@@H]2Cn2nc(C)nc2C)cn1. The molecule has 1 saturated heterocycles. The molecule has 1 aliphatic heterocycles. The minimum Gasteiger partial charge on any atom is -0.293 e. The van der Waals surface area contributed by atoms with Gasteiger partial charge in [-0.2, -0.15) is 5.10 Å². The Balaban J connectivity index is 1.70. The fourth-order valence-electron chi connectivity index (χ4n) is 3.12. The van der Waals surface area contributed by atoms with E-state index in [1.165, 1.54) is 19.3 Å². The molecule has 22 heavy (non-hydrogen) atoms. The van der Waals surface area contributed by atoms with Gasteiger partial charge in [0.25, 0.3) is 0 Å². The van der Waals surface area contributed by atoms with Crippen LogP contribution in [0.1, 0.15) is 42.3 Å². The van der Waals surface area contributed by atoms with Crippen molar-refractivity contribution in [2.24, 2.45) is 0 Å². The van der Waals surface area contributed by atoms with E-state index in [0.29, 0.717) is 6.04 Å². The number of rotatable bonds is 4. The largest absolute Gasteiger partial charge is 0.293 e. The van der Waals surface area contributed by atoms with Gasteiger partial charge < -0.3 is 0 Å². The van der Waals surface area contributed by atoms with Crippen molar-refractivity contribution in [2.45, 2.75) is 59.2 Å². The van der Waals surface area contributed by atoms with Crippen LogP contribution in [0, 0.1) is 20.8 Å². The third kappa shape index (κ3) is 3.50. The number of hydrogen-bond donors (Lipinski definition) is 0. The van der Waals surface area contributed by atoms with Crippen LogP contribution in [0.25, 0.3) is 0 Å². The Morgan fingerprint density at radius 1 is 1.14 bits per heavy atom. The Bertz CT molecular complexity index is 618. The molecule has 0 bridgehead atoms. The van der Waals surface area contributed by atoms with Crippen LogP contribution in [0.3, 0.4) is 0 Å². The van der Waals surface area contributed by atoms with Crippen molar-refractivity contribution in [3.63, 3.8) is 0 Å². The molecule has 2 aromatic heterocycles. The lowest BCUT2D eigenvalue weighted by molar-refractivity contribution is 0.119. The van der Waals surface area contributed by atoms with Crippen LogP contribution < -0.4 is 0 Å². The maximum atomic E-state index is 4.51. The molecule has 1 atom stereocenters. The number of likely N-dealkylation sites (tertiary alicyclic amines) is 1. The topological polar surface area (TPSA) is 59.7 Å². The van der Waals surface area contributed by atoms with Gasteiger partial charge >= 0.3 is 0 Å². The lowest BCUT2D eigenvalue weighted by atomic mass is 10.0. The van der Waals surface area contributed by atoms with Crippen molar-refractivity contribution in [2.75, 3.05) is 6.54 Å². The molecule has 0 spiro atoms. The predicted octanol–water partition coefficient (Wildman–Crippen LogP) is 2.05. The Kier molecular flexibility index (Phi) is 4.47.